The summed E-state index contributed by atoms with van der Waals surface area (Å²) in [7, 11) is 7.36. The quantitative estimate of drug-likeness (QED) is 0.0301. The second-order valence-corrected chi connectivity index (χ2v) is 35.4. The summed E-state index contributed by atoms with van der Waals surface area (Å²) in [5.41, 5.74) is 15.5. The van der Waals surface area contributed by atoms with Crippen LogP contribution >= 0.6 is 92.4 Å². The summed E-state index contributed by atoms with van der Waals surface area (Å²) in [4.78, 5) is 81.1. The molecule has 19 aromatic rings. The van der Waals surface area contributed by atoms with Crippen molar-refractivity contribution in [3.8, 4) is 66.8 Å². The van der Waals surface area contributed by atoms with Gasteiger partial charge in [0, 0.05) is 45.9 Å². The maximum absolute atomic E-state index is 12.2. The normalized spacial score (nSPS) is 10.6. The molecule has 670 valence electrons. The summed E-state index contributed by atoms with van der Waals surface area (Å²) < 4.78 is 27.5. The predicted octanol–water partition coefficient (Wildman–Crippen LogP) is 29.1. The van der Waals surface area contributed by atoms with E-state index in [0.717, 1.165) is 136 Å². The van der Waals surface area contributed by atoms with Crippen LogP contribution in [0.3, 0.4) is 0 Å². The van der Waals surface area contributed by atoms with Crippen molar-refractivity contribution in [1.82, 2.24) is 0 Å². The average molecular weight is 2090 g/mol. The molecule has 0 saturated heterocycles. The number of hydrogen-bond donors (Lipinski definition) is 2. The van der Waals surface area contributed by atoms with Crippen molar-refractivity contribution in [2.24, 2.45) is 0 Å². The number of carboxylic acids is 2. The Balaban J connectivity index is 0.000000166. The van der Waals surface area contributed by atoms with Gasteiger partial charge in [-0.3, -0.25) is 9.59 Å². The molecule has 0 unspecified atom stereocenters. The van der Waals surface area contributed by atoms with Gasteiger partial charge >= 0.3 is 59.4 Å². The van der Waals surface area contributed by atoms with Crippen LogP contribution in [0.5, 0.6) is 0 Å². The number of ether oxygens (including phenoxy) is 3. The van der Waals surface area contributed by atoms with Crippen molar-refractivity contribution < 1.29 is 97.2 Å². The molecule has 0 aromatic heterocycles. The number of halogens is 7. The van der Waals surface area contributed by atoms with Crippen molar-refractivity contribution in [3.05, 3.63) is 416 Å². The second-order valence-electron chi connectivity index (χ2n) is 29.7. The van der Waals surface area contributed by atoms with Gasteiger partial charge in [-0.15, -0.1) is 0 Å². The van der Waals surface area contributed by atoms with E-state index in [4.69, 9.17) is 41.6 Å². The monoisotopic (exact) mass is 2080 g/mol. The summed E-state index contributed by atoms with van der Waals surface area (Å²) in [6.45, 7) is 6.49. The summed E-state index contributed by atoms with van der Waals surface area (Å²) in [6, 6.07) is 117. The number of carbonyl (C=O) groups excluding carboxylic acids is 5. The van der Waals surface area contributed by atoms with Crippen LogP contribution in [0, 0.1) is 0 Å². The molecule has 0 radical (unpaired) electrons. The van der Waals surface area contributed by atoms with E-state index < -0.39 is 31.7 Å². The molecule has 0 bridgehead atoms. The molecule has 0 saturated carbocycles. The van der Waals surface area contributed by atoms with Crippen LogP contribution in [-0.4, -0.2) is 80.1 Å². The fraction of sp³-hybridized carbons (Fsp3) is 0.0625. The van der Waals surface area contributed by atoms with E-state index >= 15 is 0 Å². The zero-order valence-electron chi connectivity index (χ0n) is 72.1. The van der Waals surface area contributed by atoms with Crippen molar-refractivity contribution in [2.45, 2.75) is 28.2 Å². The smallest absolute Gasteiger partial charge is 0.870 e. The Morgan fingerprint density at radius 1 is 0.259 bits per heavy atom. The first kappa shape index (κ1) is 103. The Morgan fingerprint density at radius 3 is 0.548 bits per heavy atom. The summed E-state index contributed by atoms with van der Waals surface area (Å²) in [6.07, 6.45) is 0. The van der Waals surface area contributed by atoms with E-state index in [1.54, 1.807) is 81.4 Å². The topological polar surface area (TPSA) is 235 Å². The van der Waals surface area contributed by atoms with Gasteiger partial charge in [-0.2, -0.15) is 0 Å². The van der Waals surface area contributed by atoms with E-state index in [-0.39, 0.29) is 71.5 Å². The molecular formula is C112H82Br3Cl4NaO14S. The molecule has 0 atom stereocenters. The summed E-state index contributed by atoms with van der Waals surface area (Å²) in [5, 5.41) is 35.6. The fourth-order valence-corrected chi connectivity index (χ4v) is 18.0. The minimum absolute atomic E-state index is 0. The molecule has 14 nitrogen and oxygen atoms in total. The molecule has 0 amide bonds. The molecule has 0 aliphatic carbocycles. The van der Waals surface area contributed by atoms with E-state index in [0.29, 0.717) is 47.6 Å². The van der Waals surface area contributed by atoms with E-state index in [1.165, 1.54) is 30.5 Å². The molecular weight excluding hydrogens is 2010 g/mol. The van der Waals surface area contributed by atoms with Crippen molar-refractivity contribution in [1.29, 1.82) is 0 Å². The second kappa shape index (κ2) is 48.2. The zero-order valence-corrected chi connectivity index (χ0v) is 82.7. The van der Waals surface area contributed by atoms with E-state index in [2.05, 4.69) is 190 Å². The van der Waals surface area contributed by atoms with Crippen molar-refractivity contribution >= 4 is 228 Å². The first-order chi connectivity index (χ1) is 64.0. The van der Waals surface area contributed by atoms with Gasteiger partial charge in [0.15, 0.2) is 0 Å². The zero-order chi connectivity index (χ0) is 93.2. The number of carbonyl (C=O) groups is 7. The van der Waals surface area contributed by atoms with Gasteiger partial charge in [-0.1, -0.05) is 290 Å². The number of aromatic carboxylic acids is 2. The Hall–Kier alpha value is -12.3. The Morgan fingerprint density at radius 2 is 0.400 bits per heavy atom. The number of carboxylic acid groups (broad SMARTS) is 2. The van der Waals surface area contributed by atoms with Crippen molar-refractivity contribution in [2.75, 3.05) is 19.8 Å². The first-order valence-electron chi connectivity index (χ1n) is 41.5. The van der Waals surface area contributed by atoms with E-state index in [1.807, 2.05) is 182 Å². The molecule has 23 heteroatoms. The van der Waals surface area contributed by atoms with Crippen LogP contribution in [0.4, 0.5) is 0 Å². The van der Waals surface area contributed by atoms with Gasteiger partial charge < -0.3 is 29.9 Å². The minimum Gasteiger partial charge on any atom is -0.870 e. The number of hydrogen-bond acceptors (Lipinski definition) is 12. The maximum Gasteiger partial charge on any atom is 1.00 e. The van der Waals surface area contributed by atoms with Crippen LogP contribution in [0.2, 0.25) is 0 Å². The van der Waals surface area contributed by atoms with Gasteiger partial charge in [-0.25, -0.2) is 28.2 Å². The molecule has 0 aliphatic rings. The molecule has 19 aromatic carbocycles. The average Bonchev–Trinajstić information content (AvgIpc) is 0.745. The molecule has 0 heterocycles. The van der Waals surface area contributed by atoms with Crippen molar-refractivity contribution in [3.63, 3.8) is 0 Å². The predicted molar refractivity (Wildman–Crippen MR) is 559 cm³/mol. The van der Waals surface area contributed by atoms with Crippen LogP contribution in [0.1, 0.15) is 101 Å². The van der Waals surface area contributed by atoms with Gasteiger partial charge in [0.2, 0.25) is 9.23 Å². The SMILES string of the molecule is Brc1c2ccccc2c(Br)c2ccccc12.C.CCOC(=O)c1ccc(-c2c3ccccc3c(-c3ccc(C(=O)OCC)cc3)c3ccccc23)cc1.CCOC(=O)c1ccc(Br)cc1.O=C(Cl)c1ccc(-c2c3ccccc3c(-c3ccc(C(=O)Cl)cc3)c3ccccc23)cc1.O=C(O)c1ccc(-c2c3ccccc3c(-c3ccc(C(=O)O)cc3)c3ccccc23)cc1.O=S(Cl)Cl.[Na+].[OH-]. The van der Waals surface area contributed by atoms with Gasteiger partial charge in [-0.05, 0) is 326 Å². The van der Waals surface area contributed by atoms with Gasteiger partial charge in [0.25, 0.3) is 10.5 Å². The number of rotatable bonds is 16. The van der Waals surface area contributed by atoms with Gasteiger partial charge in [0.05, 0.1) is 47.6 Å². The molecule has 3 N–H and O–H groups in total. The van der Waals surface area contributed by atoms with Crippen LogP contribution in [0.15, 0.2) is 377 Å². The van der Waals surface area contributed by atoms with Crippen LogP contribution in [0.25, 0.3) is 153 Å². The third-order valence-electron chi connectivity index (χ3n) is 22.0. The molecule has 19 rings (SSSR count). The third kappa shape index (κ3) is 23.8. The summed E-state index contributed by atoms with van der Waals surface area (Å²) in [5.74, 6) is -2.82. The first-order valence-corrected chi connectivity index (χ1v) is 47.5. The standard InChI is InChI=1S/C32H26O4.C28H16Cl2O2.C28H18O4.C14H8Br2.C9H9BrO2.CH4.Cl2OS.Na.H2O/c1-3-35-31(33)23-17-13-21(14-18-23)29-25-9-5-7-11-27(25)30(28-12-8-6-10-26(28)29)22-15-19-24(20-16-22)32(34)36-4-2;29-27(31)19-13-9-17(10-14-19)25-21-5-1-2-6-22(21)26(24-8-4-3-7-23(24)25)18-11-15-20(16-12-18)28(30)32;29-27(30)19-13-9-17(10-14-19)25-21-5-1-2-6-22(21)26(24-8-4-3-7-23(24)25)18-11-15-20(16-12-18)28(31)32;15-13-9-5-1-2-6-10(9)14(16)12-8-4-3-7-11(12)13;1-2-12-9(11)7-3-5-8(10)6-4-7;;1-4(2)3;;/h5-20H,3-4H2,1-2H3;1-16H;1-16H,(H,29,30)(H,31,32);1-8H;3-6H,2H2,1H3;1H4;;;1H2/q;;;;;;;+1;/p-1. The Bertz CT molecular complexity index is 6750. The molecule has 0 aliphatic heterocycles. The number of fused-ring (bicyclic) bond motifs is 8. The summed E-state index contributed by atoms with van der Waals surface area (Å²) >= 11 is 22.0. The van der Waals surface area contributed by atoms with E-state index in [9.17, 15) is 43.8 Å². The largest absolute Gasteiger partial charge is 1.00 e. The number of esters is 3. The third-order valence-corrected chi connectivity index (χ3v) is 24.6. The molecule has 0 fully saturated rings. The molecule has 0 spiro atoms. The maximum atomic E-state index is 12.2. The Labute approximate surface area is 848 Å². The Kier molecular flexibility index (Phi) is 36.8. The van der Waals surface area contributed by atoms with Crippen LogP contribution < -0.4 is 29.6 Å². The van der Waals surface area contributed by atoms with Crippen LogP contribution in [-0.2, 0) is 23.4 Å². The number of benzene rings is 19. The molecule has 135 heavy (non-hydrogen) atoms. The fourth-order valence-electron chi connectivity index (χ4n) is 16.1. The van der Waals surface area contributed by atoms with Gasteiger partial charge in [0.1, 0.15) is 0 Å². The minimum atomic E-state index is -1.67.